The molecule has 1 aromatic rings. The van der Waals surface area contributed by atoms with Gasteiger partial charge in [0, 0.05) is 13.1 Å². The number of carbonyl (C=O) groups excluding carboxylic acids is 1. The highest BCUT2D eigenvalue weighted by Gasteiger charge is 2.28. The summed E-state index contributed by atoms with van der Waals surface area (Å²) in [6, 6.07) is 0. The minimum atomic E-state index is -0.493. The third-order valence-electron chi connectivity index (χ3n) is 3.94. The lowest BCUT2D eigenvalue weighted by molar-refractivity contribution is 0.100. The predicted octanol–water partition coefficient (Wildman–Crippen LogP) is 2.45. The van der Waals surface area contributed by atoms with E-state index in [1.54, 1.807) is 7.11 Å². The Bertz CT molecular complexity index is 511. The zero-order valence-electron chi connectivity index (χ0n) is 12.4. The second kappa shape index (κ2) is 5.52. The van der Waals surface area contributed by atoms with Gasteiger partial charge < -0.3 is 21.1 Å². The molecule has 0 radical (unpaired) electrons. The van der Waals surface area contributed by atoms with Crippen molar-refractivity contribution in [3.8, 4) is 5.75 Å². The lowest BCUT2D eigenvalue weighted by Crippen LogP contribution is -2.24. The first-order valence-corrected chi connectivity index (χ1v) is 7.68. The number of hydrogen-bond donors (Lipinski definition) is 2. The van der Waals surface area contributed by atoms with Crippen molar-refractivity contribution in [2.45, 2.75) is 33.1 Å². The van der Waals surface area contributed by atoms with Crippen LogP contribution in [-0.4, -0.2) is 26.1 Å². The molecule has 5 nitrogen and oxygen atoms in total. The Hall–Kier alpha value is -1.43. The van der Waals surface area contributed by atoms with Gasteiger partial charge in [-0.2, -0.15) is 0 Å². The first kappa shape index (κ1) is 15.0. The Morgan fingerprint density at radius 2 is 2.05 bits per heavy atom. The lowest BCUT2D eigenvalue weighted by atomic mass is 9.85. The van der Waals surface area contributed by atoms with E-state index >= 15 is 0 Å². The highest BCUT2D eigenvalue weighted by molar-refractivity contribution is 7.19. The van der Waals surface area contributed by atoms with Crippen LogP contribution in [0.25, 0.3) is 0 Å². The second-order valence-electron chi connectivity index (χ2n) is 6.05. The number of anilines is 2. The van der Waals surface area contributed by atoms with E-state index in [2.05, 4.69) is 18.7 Å². The molecule has 1 aliphatic heterocycles. The number of nitrogen functional groups attached to an aromatic ring is 1. The summed E-state index contributed by atoms with van der Waals surface area (Å²) in [5.41, 5.74) is 12.1. The largest absolute Gasteiger partial charge is 0.492 e. The molecule has 1 saturated heterocycles. The second-order valence-corrected chi connectivity index (χ2v) is 7.05. The van der Waals surface area contributed by atoms with E-state index in [1.807, 2.05) is 0 Å². The van der Waals surface area contributed by atoms with Crippen molar-refractivity contribution in [1.82, 2.24) is 0 Å². The quantitative estimate of drug-likeness (QED) is 0.898. The maximum atomic E-state index is 11.4. The van der Waals surface area contributed by atoms with Crippen LogP contribution >= 0.6 is 11.3 Å². The van der Waals surface area contributed by atoms with Crippen LogP contribution in [0.5, 0.6) is 5.75 Å². The number of nitrogens with zero attached hydrogens (tertiary/aromatic N) is 1. The molecule has 1 aliphatic rings. The van der Waals surface area contributed by atoms with Gasteiger partial charge in [-0.25, -0.2) is 0 Å². The van der Waals surface area contributed by atoms with Crippen molar-refractivity contribution in [3.05, 3.63) is 4.88 Å². The van der Waals surface area contributed by atoms with Gasteiger partial charge in [-0.3, -0.25) is 4.79 Å². The molecule has 0 saturated carbocycles. The fourth-order valence-electron chi connectivity index (χ4n) is 2.63. The smallest absolute Gasteiger partial charge is 0.261 e. The maximum absolute atomic E-state index is 11.4. The third-order valence-corrected chi connectivity index (χ3v) is 5.20. The fourth-order valence-corrected chi connectivity index (χ4v) is 3.73. The first-order valence-electron chi connectivity index (χ1n) is 6.87. The monoisotopic (exact) mass is 297 g/mol. The lowest BCUT2D eigenvalue weighted by Gasteiger charge is -2.24. The van der Waals surface area contributed by atoms with E-state index in [9.17, 15) is 4.79 Å². The summed E-state index contributed by atoms with van der Waals surface area (Å²) in [6.45, 7) is 6.50. The van der Waals surface area contributed by atoms with Crippen molar-refractivity contribution >= 4 is 27.9 Å². The van der Waals surface area contributed by atoms with E-state index in [0.29, 0.717) is 21.7 Å². The summed E-state index contributed by atoms with van der Waals surface area (Å²) in [7, 11) is 1.58. The number of amides is 1. The summed E-state index contributed by atoms with van der Waals surface area (Å²) in [5, 5.41) is 0.927. The molecule has 2 heterocycles. The third kappa shape index (κ3) is 2.85. The minimum absolute atomic E-state index is 0.358. The zero-order valence-corrected chi connectivity index (χ0v) is 13.2. The van der Waals surface area contributed by atoms with Gasteiger partial charge in [-0.15, -0.1) is 11.3 Å². The van der Waals surface area contributed by atoms with Crippen molar-refractivity contribution < 1.29 is 9.53 Å². The van der Waals surface area contributed by atoms with Crippen LogP contribution in [0.15, 0.2) is 0 Å². The molecule has 2 rings (SSSR count). The Balaban J connectivity index is 2.32. The Labute approximate surface area is 123 Å². The van der Waals surface area contributed by atoms with Crippen LogP contribution in [0.1, 0.15) is 42.8 Å². The average molecular weight is 297 g/mol. The topological polar surface area (TPSA) is 81.6 Å². The predicted molar refractivity (Wildman–Crippen MR) is 83.6 cm³/mol. The van der Waals surface area contributed by atoms with E-state index in [1.165, 1.54) is 17.8 Å². The number of primary amides is 1. The summed E-state index contributed by atoms with van der Waals surface area (Å²) >= 11 is 1.34. The Morgan fingerprint density at radius 1 is 1.35 bits per heavy atom. The molecule has 0 spiro atoms. The normalized spacial score (nSPS) is 18.6. The molecule has 1 aromatic heterocycles. The van der Waals surface area contributed by atoms with Crippen LogP contribution in [0.4, 0.5) is 10.7 Å². The van der Waals surface area contributed by atoms with Gasteiger partial charge in [0.2, 0.25) is 0 Å². The van der Waals surface area contributed by atoms with Crippen LogP contribution in [-0.2, 0) is 0 Å². The van der Waals surface area contributed by atoms with E-state index in [0.717, 1.165) is 30.9 Å². The van der Waals surface area contributed by atoms with Gasteiger partial charge in [-0.05, 0) is 24.7 Å². The molecule has 0 unspecified atom stereocenters. The Morgan fingerprint density at radius 3 is 2.65 bits per heavy atom. The van der Waals surface area contributed by atoms with Crippen LogP contribution in [0.2, 0.25) is 0 Å². The molecular weight excluding hydrogens is 274 g/mol. The number of hydrogen-bond acceptors (Lipinski definition) is 5. The molecule has 112 valence electrons. The molecule has 0 atom stereocenters. The van der Waals surface area contributed by atoms with Gasteiger partial charge in [0.25, 0.3) is 5.91 Å². The molecule has 6 heteroatoms. The summed E-state index contributed by atoms with van der Waals surface area (Å²) in [6.07, 6.45) is 3.44. The number of methoxy groups -OCH3 is 1. The van der Waals surface area contributed by atoms with Crippen LogP contribution < -0.4 is 21.1 Å². The van der Waals surface area contributed by atoms with E-state index in [4.69, 9.17) is 16.2 Å². The standard InChI is InChI=1S/C14H23N3O2S/c1-14(2)5-4-7-17(8-6-14)13-10(19-3)9(15)11(20-13)12(16)18/h4-8,15H2,1-3H3,(H2,16,18). The first-order chi connectivity index (χ1) is 9.35. The molecule has 0 aliphatic carbocycles. The molecule has 1 amide bonds. The molecule has 0 bridgehead atoms. The van der Waals surface area contributed by atoms with Gasteiger partial charge in [0.15, 0.2) is 5.75 Å². The maximum Gasteiger partial charge on any atom is 0.261 e. The fraction of sp³-hybridized carbons (Fsp3) is 0.643. The van der Waals surface area contributed by atoms with Crippen molar-refractivity contribution in [3.63, 3.8) is 0 Å². The highest BCUT2D eigenvalue weighted by atomic mass is 32.1. The molecule has 0 aromatic carbocycles. The van der Waals surface area contributed by atoms with E-state index in [-0.39, 0.29) is 0 Å². The van der Waals surface area contributed by atoms with E-state index < -0.39 is 5.91 Å². The summed E-state index contributed by atoms with van der Waals surface area (Å²) in [5.74, 6) is 0.0932. The van der Waals surface area contributed by atoms with Gasteiger partial charge in [0.05, 0.1) is 7.11 Å². The molecule has 4 N–H and O–H groups in total. The number of thiophene rings is 1. The van der Waals surface area contributed by atoms with Crippen LogP contribution in [0, 0.1) is 5.41 Å². The minimum Gasteiger partial charge on any atom is -0.492 e. The number of nitrogens with two attached hydrogens (primary N) is 2. The number of carbonyl (C=O) groups is 1. The molecule has 20 heavy (non-hydrogen) atoms. The zero-order chi connectivity index (χ0) is 14.9. The van der Waals surface area contributed by atoms with Crippen molar-refractivity contribution in [2.75, 3.05) is 30.8 Å². The number of ether oxygens (including phenoxy) is 1. The molecule has 1 fully saturated rings. The van der Waals surface area contributed by atoms with Gasteiger partial charge >= 0.3 is 0 Å². The van der Waals surface area contributed by atoms with Crippen LogP contribution in [0.3, 0.4) is 0 Å². The van der Waals surface area contributed by atoms with Crippen molar-refractivity contribution in [1.29, 1.82) is 0 Å². The van der Waals surface area contributed by atoms with Crippen molar-refractivity contribution in [2.24, 2.45) is 11.1 Å². The Kier molecular flexibility index (Phi) is 4.13. The molecular formula is C14H23N3O2S. The summed E-state index contributed by atoms with van der Waals surface area (Å²) in [4.78, 5) is 14.1. The van der Waals surface area contributed by atoms with Gasteiger partial charge in [-0.1, -0.05) is 13.8 Å². The SMILES string of the molecule is COc1c(N2CCCC(C)(C)CC2)sc(C(N)=O)c1N. The highest BCUT2D eigenvalue weighted by Crippen LogP contribution is 2.45. The number of rotatable bonds is 3. The summed E-state index contributed by atoms with van der Waals surface area (Å²) < 4.78 is 5.39. The average Bonchev–Trinajstić information content (AvgIpc) is 2.59. The van der Waals surface area contributed by atoms with Gasteiger partial charge in [0.1, 0.15) is 15.6 Å².